The fourth-order valence-corrected chi connectivity index (χ4v) is 2.47. The molecule has 1 aromatic carbocycles. The summed E-state index contributed by atoms with van der Waals surface area (Å²) < 4.78 is 4.74. The molecule has 0 saturated heterocycles. The molecule has 0 spiro atoms. The number of hydrogen-bond acceptors (Lipinski definition) is 3. The molecule has 0 amide bonds. The van der Waals surface area contributed by atoms with Crippen molar-refractivity contribution in [3.63, 3.8) is 0 Å². The number of nitrogens with one attached hydrogen (secondary N) is 1. The molecule has 0 radical (unpaired) electrons. The molecule has 1 aromatic rings. The number of rotatable bonds is 3. The second-order valence-corrected chi connectivity index (χ2v) is 4.56. The van der Waals surface area contributed by atoms with Crippen LogP contribution in [0.25, 0.3) is 0 Å². The largest absolute Gasteiger partial charge is 0.468 e. The Balaban J connectivity index is 2.11. The van der Waals surface area contributed by atoms with E-state index in [-0.39, 0.29) is 18.1 Å². The Morgan fingerprint density at radius 2 is 2.24 bits per heavy atom. The lowest BCUT2D eigenvalue weighted by Gasteiger charge is -2.28. The highest BCUT2D eigenvalue weighted by atomic mass is 16.5. The fraction of sp³-hybridized carbons (Fsp3) is 0.500. The zero-order chi connectivity index (χ0) is 12.3. The maximum absolute atomic E-state index is 11.4. The zero-order valence-corrected chi connectivity index (χ0v) is 10.4. The van der Waals surface area contributed by atoms with E-state index in [1.165, 1.54) is 24.7 Å². The van der Waals surface area contributed by atoms with Gasteiger partial charge in [0.2, 0.25) is 0 Å². The molecule has 1 unspecified atom stereocenters. The average molecular weight is 233 g/mol. The van der Waals surface area contributed by atoms with Crippen LogP contribution in [0.5, 0.6) is 0 Å². The summed E-state index contributed by atoms with van der Waals surface area (Å²) in [6.45, 7) is 1.85. The first-order chi connectivity index (χ1) is 8.22. The minimum absolute atomic E-state index is 0.201. The van der Waals surface area contributed by atoms with Crippen molar-refractivity contribution in [2.45, 2.75) is 38.3 Å². The van der Waals surface area contributed by atoms with Gasteiger partial charge in [-0.2, -0.15) is 0 Å². The van der Waals surface area contributed by atoms with Gasteiger partial charge in [0.25, 0.3) is 0 Å². The normalized spacial score (nSPS) is 20.5. The van der Waals surface area contributed by atoms with E-state index in [0.29, 0.717) is 0 Å². The highest BCUT2D eigenvalue weighted by molar-refractivity contribution is 5.75. The van der Waals surface area contributed by atoms with Crippen molar-refractivity contribution in [1.29, 1.82) is 0 Å². The van der Waals surface area contributed by atoms with Gasteiger partial charge in [0.15, 0.2) is 0 Å². The molecule has 0 bridgehead atoms. The molecule has 1 aliphatic carbocycles. The Morgan fingerprint density at radius 3 is 3.00 bits per heavy atom. The molecule has 1 aliphatic rings. The van der Waals surface area contributed by atoms with Crippen molar-refractivity contribution in [2.24, 2.45) is 0 Å². The summed E-state index contributed by atoms with van der Waals surface area (Å²) in [4.78, 5) is 11.4. The lowest BCUT2D eigenvalue weighted by atomic mass is 9.87. The zero-order valence-electron chi connectivity index (χ0n) is 10.4. The third-order valence-electron chi connectivity index (χ3n) is 3.38. The summed E-state index contributed by atoms with van der Waals surface area (Å²) in [5.41, 5.74) is 2.72. The smallest absolute Gasteiger partial charge is 0.322 e. The Morgan fingerprint density at radius 1 is 1.47 bits per heavy atom. The van der Waals surface area contributed by atoms with Gasteiger partial charge in [0, 0.05) is 6.04 Å². The van der Waals surface area contributed by atoms with Gasteiger partial charge >= 0.3 is 5.97 Å². The van der Waals surface area contributed by atoms with Crippen LogP contribution in [-0.2, 0) is 16.0 Å². The molecule has 0 aromatic heterocycles. The Hall–Kier alpha value is -1.35. The quantitative estimate of drug-likeness (QED) is 0.813. The van der Waals surface area contributed by atoms with Crippen LogP contribution in [-0.4, -0.2) is 19.1 Å². The van der Waals surface area contributed by atoms with E-state index in [1.54, 1.807) is 0 Å². The highest BCUT2D eigenvalue weighted by Crippen LogP contribution is 2.29. The molecule has 1 N–H and O–H groups in total. The van der Waals surface area contributed by atoms with E-state index in [1.807, 2.05) is 6.92 Å². The highest BCUT2D eigenvalue weighted by Gasteiger charge is 2.23. The van der Waals surface area contributed by atoms with Crippen LogP contribution in [0.4, 0.5) is 0 Å². The summed E-state index contributed by atoms with van der Waals surface area (Å²) in [6, 6.07) is 8.47. The maximum Gasteiger partial charge on any atom is 0.322 e. The third kappa shape index (κ3) is 2.67. The Kier molecular flexibility index (Phi) is 3.79. The van der Waals surface area contributed by atoms with Crippen molar-refractivity contribution < 1.29 is 9.53 Å². The number of hydrogen-bond donors (Lipinski definition) is 1. The van der Waals surface area contributed by atoms with E-state index in [4.69, 9.17) is 4.74 Å². The predicted molar refractivity (Wildman–Crippen MR) is 66.7 cm³/mol. The molecule has 3 heteroatoms. The predicted octanol–water partition coefficient (Wildman–Crippen LogP) is 2.22. The lowest BCUT2D eigenvalue weighted by Crippen LogP contribution is -2.38. The van der Waals surface area contributed by atoms with Crippen LogP contribution >= 0.6 is 0 Å². The molecule has 0 saturated carbocycles. The average Bonchev–Trinajstić information content (AvgIpc) is 2.38. The molecule has 3 nitrogen and oxygen atoms in total. The molecule has 0 heterocycles. The number of benzene rings is 1. The number of methoxy groups -OCH3 is 1. The second-order valence-electron chi connectivity index (χ2n) is 4.56. The van der Waals surface area contributed by atoms with Crippen LogP contribution in [0.15, 0.2) is 24.3 Å². The topological polar surface area (TPSA) is 38.3 Å². The van der Waals surface area contributed by atoms with E-state index in [9.17, 15) is 4.79 Å². The van der Waals surface area contributed by atoms with E-state index < -0.39 is 0 Å². The third-order valence-corrected chi connectivity index (χ3v) is 3.38. The standard InChI is InChI=1S/C14H19NO2/c1-10(14(16)17-2)15-13-9-5-7-11-6-3-4-8-12(11)13/h3-4,6,8,10,13,15H,5,7,9H2,1-2H3/t10-,13?/m0/s1. The minimum atomic E-state index is -0.254. The number of carbonyl (C=O) groups excluding carboxylic acids is 1. The van der Waals surface area contributed by atoms with Gasteiger partial charge in [0.1, 0.15) is 6.04 Å². The van der Waals surface area contributed by atoms with Gasteiger partial charge in [-0.15, -0.1) is 0 Å². The van der Waals surface area contributed by atoms with Crippen LogP contribution < -0.4 is 5.32 Å². The number of esters is 1. The van der Waals surface area contributed by atoms with Crippen molar-refractivity contribution in [3.8, 4) is 0 Å². The van der Waals surface area contributed by atoms with Crippen LogP contribution in [0.2, 0.25) is 0 Å². The van der Waals surface area contributed by atoms with Crippen molar-refractivity contribution in [3.05, 3.63) is 35.4 Å². The number of aryl methyl sites for hydroxylation is 1. The molecular formula is C14H19NO2. The molecule has 2 rings (SSSR count). The van der Waals surface area contributed by atoms with Gasteiger partial charge < -0.3 is 4.74 Å². The van der Waals surface area contributed by atoms with Gasteiger partial charge in [-0.05, 0) is 37.3 Å². The minimum Gasteiger partial charge on any atom is -0.468 e. The summed E-state index contributed by atoms with van der Waals surface area (Å²) in [5, 5.41) is 3.35. The molecule has 0 aliphatic heterocycles. The van der Waals surface area contributed by atoms with E-state index in [2.05, 4.69) is 29.6 Å². The van der Waals surface area contributed by atoms with Crippen molar-refractivity contribution in [1.82, 2.24) is 5.32 Å². The van der Waals surface area contributed by atoms with Crippen LogP contribution in [0, 0.1) is 0 Å². The number of fused-ring (bicyclic) bond motifs is 1. The van der Waals surface area contributed by atoms with E-state index >= 15 is 0 Å². The Labute approximate surface area is 102 Å². The summed E-state index contributed by atoms with van der Waals surface area (Å²) in [7, 11) is 1.43. The molecule has 17 heavy (non-hydrogen) atoms. The first-order valence-electron chi connectivity index (χ1n) is 6.14. The monoisotopic (exact) mass is 233 g/mol. The second kappa shape index (κ2) is 5.32. The maximum atomic E-state index is 11.4. The van der Waals surface area contributed by atoms with E-state index in [0.717, 1.165) is 12.8 Å². The molecule has 2 atom stereocenters. The van der Waals surface area contributed by atoms with Gasteiger partial charge in [-0.1, -0.05) is 24.3 Å². The molecule has 0 fully saturated rings. The summed E-state index contributed by atoms with van der Waals surface area (Å²) >= 11 is 0. The molecular weight excluding hydrogens is 214 g/mol. The molecule has 92 valence electrons. The number of carbonyl (C=O) groups is 1. The van der Waals surface area contributed by atoms with Gasteiger partial charge in [-0.3, -0.25) is 10.1 Å². The fourth-order valence-electron chi connectivity index (χ4n) is 2.47. The van der Waals surface area contributed by atoms with Crippen LogP contribution in [0.3, 0.4) is 0 Å². The van der Waals surface area contributed by atoms with Crippen molar-refractivity contribution in [2.75, 3.05) is 7.11 Å². The summed E-state index contributed by atoms with van der Waals surface area (Å²) in [5.74, 6) is -0.201. The van der Waals surface area contributed by atoms with Gasteiger partial charge in [0.05, 0.1) is 7.11 Å². The first-order valence-corrected chi connectivity index (χ1v) is 6.14. The number of ether oxygens (including phenoxy) is 1. The Bertz CT molecular complexity index is 403. The lowest BCUT2D eigenvalue weighted by molar-refractivity contribution is -0.142. The van der Waals surface area contributed by atoms with Gasteiger partial charge in [-0.25, -0.2) is 0 Å². The van der Waals surface area contributed by atoms with Crippen molar-refractivity contribution >= 4 is 5.97 Å². The van der Waals surface area contributed by atoms with Crippen LogP contribution in [0.1, 0.15) is 36.9 Å². The SMILES string of the molecule is COC(=O)[C@H](C)NC1CCCc2ccccc21. The summed E-state index contributed by atoms with van der Waals surface area (Å²) in [6.07, 6.45) is 3.39. The first kappa shape index (κ1) is 12.1.